The first kappa shape index (κ1) is 19.4. The first-order chi connectivity index (χ1) is 13.3. The molecule has 0 radical (unpaired) electrons. The molecule has 0 saturated carbocycles. The standard InChI is InChI=1S/C22H28N2O3/c1-26-16-19-8-6-7-18(13-19)14-23-15-20-9-2-3-10-21(20)27-17-22(25)24-11-4-5-12-24/h2-3,6-10,13,23H,4-5,11-12,14-17H2,1H3. The van der Waals surface area contributed by atoms with Crippen LogP contribution in [0.5, 0.6) is 5.75 Å². The van der Waals surface area contributed by atoms with Gasteiger partial charge in [0.25, 0.3) is 5.91 Å². The number of carbonyl (C=O) groups is 1. The molecule has 2 aromatic rings. The molecule has 1 aliphatic heterocycles. The first-order valence-electron chi connectivity index (χ1n) is 9.52. The van der Waals surface area contributed by atoms with Crippen molar-refractivity contribution in [2.45, 2.75) is 32.5 Å². The van der Waals surface area contributed by atoms with Crippen molar-refractivity contribution in [3.8, 4) is 5.75 Å². The summed E-state index contributed by atoms with van der Waals surface area (Å²) in [5.74, 6) is 0.843. The second kappa shape index (κ2) is 10.1. The Hall–Kier alpha value is -2.37. The number of para-hydroxylation sites is 1. The van der Waals surface area contributed by atoms with Gasteiger partial charge in [-0.1, -0.05) is 42.5 Å². The lowest BCUT2D eigenvalue weighted by Gasteiger charge is -2.17. The largest absolute Gasteiger partial charge is 0.483 e. The fraction of sp³-hybridized carbons (Fsp3) is 0.409. The highest BCUT2D eigenvalue weighted by atomic mass is 16.5. The van der Waals surface area contributed by atoms with Gasteiger partial charge in [-0.15, -0.1) is 0 Å². The van der Waals surface area contributed by atoms with Gasteiger partial charge in [0.2, 0.25) is 0 Å². The van der Waals surface area contributed by atoms with Gasteiger partial charge in [-0.3, -0.25) is 4.79 Å². The van der Waals surface area contributed by atoms with Gasteiger partial charge in [0.05, 0.1) is 6.61 Å². The van der Waals surface area contributed by atoms with Gasteiger partial charge >= 0.3 is 0 Å². The normalized spacial score (nSPS) is 13.7. The molecule has 1 heterocycles. The summed E-state index contributed by atoms with van der Waals surface area (Å²) < 4.78 is 11.0. The van der Waals surface area contributed by atoms with E-state index in [0.717, 1.165) is 43.8 Å². The van der Waals surface area contributed by atoms with Crippen molar-refractivity contribution in [3.05, 3.63) is 65.2 Å². The van der Waals surface area contributed by atoms with Gasteiger partial charge in [-0.25, -0.2) is 0 Å². The Kier molecular flexibility index (Phi) is 7.25. The van der Waals surface area contributed by atoms with Crippen molar-refractivity contribution in [1.82, 2.24) is 10.2 Å². The monoisotopic (exact) mass is 368 g/mol. The molecule has 1 aliphatic rings. The van der Waals surface area contributed by atoms with Crippen LogP contribution in [-0.2, 0) is 29.2 Å². The third kappa shape index (κ3) is 5.81. The molecule has 1 saturated heterocycles. The molecular formula is C22H28N2O3. The molecular weight excluding hydrogens is 340 g/mol. The highest BCUT2D eigenvalue weighted by Crippen LogP contribution is 2.18. The van der Waals surface area contributed by atoms with E-state index in [-0.39, 0.29) is 12.5 Å². The Morgan fingerprint density at radius 2 is 1.81 bits per heavy atom. The SMILES string of the molecule is COCc1cccc(CNCc2ccccc2OCC(=O)N2CCCC2)c1. The van der Waals surface area contributed by atoms with Crippen LogP contribution in [0.3, 0.4) is 0 Å². The number of carbonyl (C=O) groups excluding carboxylic acids is 1. The minimum absolute atomic E-state index is 0.0743. The van der Waals surface area contributed by atoms with Gasteiger partial charge in [0.15, 0.2) is 6.61 Å². The topological polar surface area (TPSA) is 50.8 Å². The molecule has 2 aromatic carbocycles. The molecule has 1 N–H and O–H groups in total. The van der Waals surface area contributed by atoms with Crippen molar-refractivity contribution in [1.29, 1.82) is 0 Å². The maximum Gasteiger partial charge on any atom is 0.260 e. The van der Waals surface area contributed by atoms with E-state index in [9.17, 15) is 4.79 Å². The van der Waals surface area contributed by atoms with Gasteiger partial charge in [-0.05, 0) is 30.0 Å². The average Bonchev–Trinajstić information content (AvgIpc) is 3.22. The molecule has 1 amide bonds. The molecule has 0 bridgehead atoms. The maximum absolute atomic E-state index is 12.2. The van der Waals surface area contributed by atoms with Gasteiger partial charge in [0.1, 0.15) is 5.75 Å². The molecule has 5 heteroatoms. The Morgan fingerprint density at radius 3 is 2.63 bits per heavy atom. The fourth-order valence-corrected chi connectivity index (χ4v) is 3.33. The average molecular weight is 368 g/mol. The Bertz CT molecular complexity index is 742. The first-order valence-corrected chi connectivity index (χ1v) is 9.52. The molecule has 0 spiro atoms. The van der Waals surface area contributed by atoms with Crippen LogP contribution in [0.15, 0.2) is 48.5 Å². The summed E-state index contributed by atoms with van der Waals surface area (Å²) >= 11 is 0. The summed E-state index contributed by atoms with van der Waals surface area (Å²) in [5.41, 5.74) is 3.44. The van der Waals surface area contributed by atoms with Crippen LogP contribution in [-0.4, -0.2) is 37.6 Å². The Balaban J connectivity index is 1.51. The zero-order chi connectivity index (χ0) is 18.9. The van der Waals surface area contributed by atoms with E-state index in [0.29, 0.717) is 13.2 Å². The van der Waals surface area contributed by atoms with Crippen molar-refractivity contribution in [2.24, 2.45) is 0 Å². The predicted molar refractivity (Wildman–Crippen MR) is 105 cm³/mol. The van der Waals surface area contributed by atoms with Crippen LogP contribution < -0.4 is 10.1 Å². The lowest BCUT2D eigenvalue weighted by Crippen LogP contribution is -2.32. The van der Waals surface area contributed by atoms with Gasteiger partial charge in [0, 0.05) is 38.9 Å². The smallest absolute Gasteiger partial charge is 0.260 e. The summed E-state index contributed by atoms with van der Waals surface area (Å²) in [4.78, 5) is 14.1. The van der Waals surface area contributed by atoms with E-state index >= 15 is 0 Å². The number of nitrogens with zero attached hydrogens (tertiary/aromatic N) is 1. The van der Waals surface area contributed by atoms with Crippen molar-refractivity contribution in [3.63, 3.8) is 0 Å². The van der Waals surface area contributed by atoms with Gasteiger partial charge in [-0.2, -0.15) is 0 Å². The number of benzene rings is 2. The molecule has 0 aliphatic carbocycles. The number of ether oxygens (including phenoxy) is 2. The van der Waals surface area contributed by atoms with E-state index in [1.54, 1.807) is 7.11 Å². The van der Waals surface area contributed by atoms with Crippen LogP contribution in [0.2, 0.25) is 0 Å². The molecule has 27 heavy (non-hydrogen) atoms. The Morgan fingerprint density at radius 1 is 1.04 bits per heavy atom. The summed E-state index contributed by atoms with van der Waals surface area (Å²) in [5, 5.41) is 3.45. The van der Waals surface area contributed by atoms with Crippen LogP contribution in [0.25, 0.3) is 0 Å². The number of methoxy groups -OCH3 is 1. The highest BCUT2D eigenvalue weighted by Gasteiger charge is 2.18. The van der Waals surface area contributed by atoms with Crippen LogP contribution in [0.4, 0.5) is 0 Å². The summed E-state index contributed by atoms with van der Waals surface area (Å²) in [6.07, 6.45) is 2.19. The quantitative estimate of drug-likeness (QED) is 0.739. The van der Waals surface area contributed by atoms with E-state index in [1.165, 1.54) is 11.1 Å². The number of rotatable bonds is 9. The number of nitrogens with one attached hydrogen (secondary N) is 1. The van der Waals surface area contributed by atoms with E-state index in [1.807, 2.05) is 35.2 Å². The number of hydrogen-bond donors (Lipinski definition) is 1. The third-order valence-electron chi connectivity index (χ3n) is 4.73. The molecule has 144 valence electrons. The Labute approximate surface area is 161 Å². The van der Waals surface area contributed by atoms with Crippen LogP contribution >= 0.6 is 0 Å². The van der Waals surface area contributed by atoms with E-state index in [4.69, 9.17) is 9.47 Å². The fourth-order valence-electron chi connectivity index (χ4n) is 3.33. The van der Waals surface area contributed by atoms with Crippen LogP contribution in [0, 0.1) is 0 Å². The molecule has 0 atom stereocenters. The zero-order valence-electron chi connectivity index (χ0n) is 15.9. The summed E-state index contributed by atoms with van der Waals surface area (Å²) in [6, 6.07) is 16.2. The second-order valence-corrected chi connectivity index (χ2v) is 6.84. The molecule has 5 nitrogen and oxygen atoms in total. The number of hydrogen-bond acceptors (Lipinski definition) is 4. The third-order valence-corrected chi connectivity index (χ3v) is 4.73. The number of amides is 1. The van der Waals surface area contributed by atoms with Gasteiger partial charge < -0.3 is 19.7 Å². The lowest BCUT2D eigenvalue weighted by atomic mass is 10.1. The molecule has 1 fully saturated rings. The minimum Gasteiger partial charge on any atom is -0.483 e. The minimum atomic E-state index is 0.0743. The lowest BCUT2D eigenvalue weighted by molar-refractivity contribution is -0.132. The predicted octanol–water partition coefficient (Wildman–Crippen LogP) is 3.12. The molecule has 0 aromatic heterocycles. The summed E-state index contributed by atoms with van der Waals surface area (Å²) in [7, 11) is 1.70. The van der Waals surface area contributed by atoms with Crippen LogP contribution in [0.1, 0.15) is 29.5 Å². The molecule has 0 unspecified atom stereocenters. The van der Waals surface area contributed by atoms with Crippen molar-refractivity contribution < 1.29 is 14.3 Å². The van der Waals surface area contributed by atoms with E-state index in [2.05, 4.69) is 23.5 Å². The van der Waals surface area contributed by atoms with Crippen molar-refractivity contribution >= 4 is 5.91 Å². The van der Waals surface area contributed by atoms with E-state index < -0.39 is 0 Å². The number of likely N-dealkylation sites (tertiary alicyclic amines) is 1. The highest BCUT2D eigenvalue weighted by molar-refractivity contribution is 5.78. The molecule has 3 rings (SSSR count). The maximum atomic E-state index is 12.2. The zero-order valence-corrected chi connectivity index (χ0v) is 15.9. The van der Waals surface area contributed by atoms with Crippen molar-refractivity contribution in [2.75, 3.05) is 26.8 Å². The summed E-state index contributed by atoms with van der Waals surface area (Å²) in [6.45, 7) is 3.88. The second-order valence-electron chi connectivity index (χ2n) is 6.84.